The van der Waals surface area contributed by atoms with Crippen molar-refractivity contribution in [2.24, 2.45) is 0 Å². The van der Waals surface area contributed by atoms with E-state index < -0.39 is 0 Å². The van der Waals surface area contributed by atoms with E-state index in [-0.39, 0.29) is 0 Å². The minimum absolute atomic E-state index is 1.18. The Morgan fingerprint density at radius 1 is 0.400 bits per heavy atom. The van der Waals surface area contributed by atoms with E-state index >= 15 is 0 Å². The highest BCUT2D eigenvalue weighted by Crippen LogP contribution is 2.42. The first-order valence-electron chi connectivity index (χ1n) is 13.7. The Kier molecular flexibility index (Phi) is 4.55. The molecule has 1 nitrogen and oxygen atoms in total. The topological polar surface area (TPSA) is 4.93 Å². The van der Waals surface area contributed by atoms with Gasteiger partial charge in [0.15, 0.2) is 0 Å². The summed E-state index contributed by atoms with van der Waals surface area (Å²) in [6, 6.07) is 51.3. The molecule has 0 radical (unpaired) electrons. The van der Waals surface area contributed by atoms with Crippen LogP contribution in [0.2, 0.25) is 0 Å². The maximum atomic E-state index is 2.40. The van der Waals surface area contributed by atoms with Gasteiger partial charge in [-0.2, -0.15) is 0 Å². The summed E-state index contributed by atoms with van der Waals surface area (Å²) in [7, 11) is 0. The van der Waals surface area contributed by atoms with Gasteiger partial charge in [-0.3, -0.25) is 0 Å². The normalized spacial score (nSPS) is 12.0. The molecule has 0 aliphatic heterocycles. The molecule has 9 rings (SSSR count). The van der Waals surface area contributed by atoms with Crippen molar-refractivity contribution in [3.8, 4) is 16.8 Å². The van der Waals surface area contributed by atoms with Gasteiger partial charge in [0.2, 0.25) is 0 Å². The van der Waals surface area contributed by atoms with Gasteiger partial charge < -0.3 is 4.57 Å². The summed E-state index contributed by atoms with van der Waals surface area (Å²) in [5.74, 6) is 0. The predicted molar refractivity (Wildman–Crippen MR) is 174 cm³/mol. The van der Waals surface area contributed by atoms with Crippen LogP contribution in [0.4, 0.5) is 0 Å². The second kappa shape index (κ2) is 8.29. The van der Waals surface area contributed by atoms with Crippen molar-refractivity contribution in [3.05, 3.63) is 140 Å². The van der Waals surface area contributed by atoms with Crippen LogP contribution in [0, 0.1) is 0 Å². The molecule has 0 saturated carbocycles. The number of hydrogen-bond acceptors (Lipinski definition) is 1. The average Bonchev–Trinajstić information content (AvgIpc) is 3.55. The lowest BCUT2D eigenvalue weighted by Gasteiger charge is -2.12. The predicted octanol–water partition coefficient (Wildman–Crippen LogP) is 11.1. The lowest BCUT2D eigenvalue weighted by Crippen LogP contribution is -1.92. The molecule has 186 valence electrons. The largest absolute Gasteiger partial charge is 0.309 e. The second-order valence-corrected chi connectivity index (χ2v) is 11.6. The summed E-state index contributed by atoms with van der Waals surface area (Å²) in [6.45, 7) is 0. The fourth-order valence-corrected chi connectivity index (χ4v) is 7.69. The maximum absolute atomic E-state index is 2.40. The quantitative estimate of drug-likeness (QED) is 0.198. The first-order valence-corrected chi connectivity index (χ1v) is 14.5. The van der Waals surface area contributed by atoms with Crippen LogP contribution in [0.3, 0.4) is 0 Å². The fourth-order valence-electron chi connectivity index (χ4n) is 6.56. The van der Waals surface area contributed by atoms with E-state index in [1.165, 1.54) is 80.3 Å². The van der Waals surface area contributed by atoms with Crippen LogP contribution in [0.1, 0.15) is 0 Å². The molecule has 0 fully saturated rings. The Labute approximate surface area is 235 Å². The first-order chi connectivity index (χ1) is 19.8. The third-order valence-electron chi connectivity index (χ3n) is 8.35. The van der Waals surface area contributed by atoms with E-state index in [1.807, 2.05) is 11.3 Å². The highest BCUT2D eigenvalue weighted by Gasteiger charge is 2.16. The standard InChI is InChI=1S/C38H23NS/c1-2-10-26(11-3-1)39-35-16-8-6-14-29(35)33-20-24(18-19-36(33)39)31-21-25-22-34-30-15-7-9-17-37(30)40-38(34)23-32(25)28-13-5-4-12-27(28)31/h1-23H. The van der Waals surface area contributed by atoms with Crippen LogP contribution in [0.25, 0.3) is 80.3 Å². The highest BCUT2D eigenvalue weighted by molar-refractivity contribution is 7.25. The number of thiophene rings is 1. The molecule has 0 unspecified atom stereocenters. The van der Waals surface area contributed by atoms with Gasteiger partial charge in [-0.25, -0.2) is 0 Å². The van der Waals surface area contributed by atoms with Crippen molar-refractivity contribution in [3.63, 3.8) is 0 Å². The summed E-state index contributed by atoms with van der Waals surface area (Å²) in [4.78, 5) is 0. The van der Waals surface area contributed by atoms with E-state index in [0.29, 0.717) is 0 Å². The van der Waals surface area contributed by atoms with Crippen LogP contribution in [-0.4, -0.2) is 4.57 Å². The van der Waals surface area contributed by atoms with E-state index in [1.54, 1.807) is 0 Å². The van der Waals surface area contributed by atoms with Crippen molar-refractivity contribution in [2.75, 3.05) is 0 Å². The zero-order valence-corrected chi connectivity index (χ0v) is 22.5. The average molecular weight is 526 g/mol. The molecule has 0 aliphatic rings. The second-order valence-electron chi connectivity index (χ2n) is 10.6. The number of rotatable bonds is 2. The smallest absolute Gasteiger partial charge is 0.0541 e. The minimum atomic E-state index is 1.18. The highest BCUT2D eigenvalue weighted by atomic mass is 32.1. The van der Waals surface area contributed by atoms with E-state index in [2.05, 4.69) is 144 Å². The zero-order chi connectivity index (χ0) is 26.2. The van der Waals surface area contributed by atoms with Gasteiger partial charge in [-0.15, -0.1) is 11.3 Å². The Morgan fingerprint density at radius 3 is 1.98 bits per heavy atom. The lowest BCUT2D eigenvalue weighted by atomic mass is 9.92. The first kappa shape index (κ1) is 22.0. The Balaban J connectivity index is 1.35. The summed E-state index contributed by atoms with van der Waals surface area (Å²) in [5.41, 5.74) is 6.17. The Hall–Kier alpha value is -4.92. The number of benzene rings is 7. The van der Waals surface area contributed by atoms with Crippen LogP contribution in [-0.2, 0) is 0 Å². The van der Waals surface area contributed by atoms with E-state index in [9.17, 15) is 0 Å². The number of fused-ring (bicyclic) bond motifs is 9. The van der Waals surface area contributed by atoms with Gasteiger partial charge in [0.1, 0.15) is 0 Å². The summed E-state index contributed by atoms with van der Waals surface area (Å²) < 4.78 is 5.07. The minimum Gasteiger partial charge on any atom is -0.309 e. The van der Waals surface area contributed by atoms with Gasteiger partial charge in [0.25, 0.3) is 0 Å². The molecule has 2 heterocycles. The van der Waals surface area contributed by atoms with Gasteiger partial charge in [0, 0.05) is 36.6 Å². The van der Waals surface area contributed by atoms with E-state index in [0.717, 1.165) is 0 Å². The molecule has 0 bridgehead atoms. The molecule has 0 spiro atoms. The molecule has 2 aromatic heterocycles. The van der Waals surface area contributed by atoms with Crippen molar-refractivity contribution >= 4 is 74.9 Å². The van der Waals surface area contributed by atoms with Crippen molar-refractivity contribution in [1.29, 1.82) is 0 Å². The van der Waals surface area contributed by atoms with Gasteiger partial charge in [-0.05, 0) is 87.3 Å². The van der Waals surface area contributed by atoms with Crippen molar-refractivity contribution in [1.82, 2.24) is 4.57 Å². The summed E-state index contributed by atoms with van der Waals surface area (Å²) in [5, 5.41) is 10.4. The van der Waals surface area contributed by atoms with Gasteiger partial charge in [-0.1, -0.05) is 84.9 Å². The summed E-state index contributed by atoms with van der Waals surface area (Å²) in [6.07, 6.45) is 0. The molecular formula is C38H23NS. The number of para-hydroxylation sites is 2. The van der Waals surface area contributed by atoms with Crippen molar-refractivity contribution < 1.29 is 0 Å². The number of aromatic nitrogens is 1. The molecule has 0 atom stereocenters. The molecule has 7 aromatic carbocycles. The summed E-state index contributed by atoms with van der Waals surface area (Å²) >= 11 is 1.89. The van der Waals surface area contributed by atoms with E-state index in [4.69, 9.17) is 0 Å². The third kappa shape index (κ3) is 3.08. The van der Waals surface area contributed by atoms with Crippen molar-refractivity contribution in [2.45, 2.75) is 0 Å². The Bertz CT molecular complexity index is 2420. The monoisotopic (exact) mass is 525 g/mol. The molecule has 0 aliphatic carbocycles. The fraction of sp³-hybridized carbons (Fsp3) is 0. The molecule has 0 amide bonds. The SMILES string of the molecule is c1ccc(-n2c3ccccc3c3cc(-c4cc5cc6c(cc5c5ccccc45)sc4ccccc46)ccc32)cc1. The number of hydrogen-bond donors (Lipinski definition) is 0. The number of nitrogens with zero attached hydrogens (tertiary/aromatic N) is 1. The molecule has 0 N–H and O–H groups in total. The Morgan fingerprint density at radius 2 is 1.10 bits per heavy atom. The molecule has 9 aromatic rings. The molecule has 40 heavy (non-hydrogen) atoms. The lowest BCUT2D eigenvalue weighted by molar-refractivity contribution is 1.18. The van der Waals surface area contributed by atoms with Gasteiger partial charge in [0.05, 0.1) is 11.0 Å². The zero-order valence-electron chi connectivity index (χ0n) is 21.6. The third-order valence-corrected chi connectivity index (χ3v) is 9.49. The van der Waals surface area contributed by atoms with Crippen LogP contribution >= 0.6 is 11.3 Å². The van der Waals surface area contributed by atoms with Crippen LogP contribution in [0.5, 0.6) is 0 Å². The molecular weight excluding hydrogens is 502 g/mol. The molecule has 2 heteroatoms. The van der Waals surface area contributed by atoms with Crippen LogP contribution in [0.15, 0.2) is 140 Å². The molecule has 0 saturated heterocycles. The van der Waals surface area contributed by atoms with Crippen LogP contribution < -0.4 is 0 Å². The van der Waals surface area contributed by atoms with Gasteiger partial charge >= 0.3 is 0 Å². The maximum Gasteiger partial charge on any atom is 0.0541 e.